The quantitative estimate of drug-likeness (QED) is 0.522. The second kappa shape index (κ2) is 8.68. The van der Waals surface area contributed by atoms with Crippen molar-refractivity contribution in [2.45, 2.75) is 26.2 Å². The summed E-state index contributed by atoms with van der Waals surface area (Å²) in [7, 11) is 1.64. The number of carbonyl (C=O) groups excluding carboxylic acids is 1. The van der Waals surface area contributed by atoms with Crippen LogP contribution in [0.4, 0.5) is 0 Å². The van der Waals surface area contributed by atoms with Gasteiger partial charge in [-0.15, -0.1) is 0 Å². The number of ether oxygens (including phenoxy) is 2. The maximum absolute atomic E-state index is 10.8. The molecule has 0 atom stereocenters. The number of Topliss-reactive ketones (excluding diaryl/α,β-unsaturated/α-hetero) is 1. The van der Waals surface area contributed by atoms with Crippen molar-refractivity contribution in [2.75, 3.05) is 26.9 Å². The van der Waals surface area contributed by atoms with Crippen molar-refractivity contribution in [3.05, 3.63) is 0 Å². The summed E-state index contributed by atoms with van der Waals surface area (Å²) in [5, 5.41) is 0. The number of methoxy groups -OCH3 is 1. The average molecular weight is 174 g/mol. The van der Waals surface area contributed by atoms with E-state index in [1.54, 1.807) is 7.11 Å². The minimum Gasteiger partial charge on any atom is -0.382 e. The third-order valence-corrected chi connectivity index (χ3v) is 1.57. The molecule has 0 aliphatic heterocycles. The third-order valence-electron chi connectivity index (χ3n) is 1.57. The molecule has 72 valence electrons. The van der Waals surface area contributed by atoms with Crippen LogP contribution in [-0.2, 0) is 14.3 Å². The molecule has 12 heavy (non-hydrogen) atoms. The molecule has 0 amide bonds. The number of hydrogen-bond donors (Lipinski definition) is 0. The Hall–Kier alpha value is -0.410. The van der Waals surface area contributed by atoms with Crippen LogP contribution in [0.5, 0.6) is 0 Å². The minimum absolute atomic E-state index is 0.311. The van der Waals surface area contributed by atoms with Gasteiger partial charge in [-0.25, -0.2) is 0 Å². The smallest absolute Gasteiger partial charge is 0.132 e. The average Bonchev–Trinajstić information content (AvgIpc) is 2.10. The second-order valence-corrected chi connectivity index (χ2v) is 2.60. The van der Waals surface area contributed by atoms with Gasteiger partial charge in [-0.05, 0) is 6.42 Å². The second-order valence-electron chi connectivity index (χ2n) is 2.60. The number of rotatable bonds is 8. The molecule has 0 fully saturated rings. The molecular weight excluding hydrogens is 156 g/mol. The van der Waals surface area contributed by atoms with Crippen LogP contribution in [-0.4, -0.2) is 32.7 Å². The molecule has 0 heterocycles. The van der Waals surface area contributed by atoms with Gasteiger partial charge in [0.25, 0.3) is 0 Å². The van der Waals surface area contributed by atoms with Gasteiger partial charge in [-0.2, -0.15) is 0 Å². The first-order valence-electron chi connectivity index (χ1n) is 4.39. The maximum atomic E-state index is 10.8. The molecule has 0 aromatic carbocycles. The van der Waals surface area contributed by atoms with Crippen LogP contribution >= 0.6 is 0 Å². The van der Waals surface area contributed by atoms with Crippen LogP contribution in [0.3, 0.4) is 0 Å². The molecule has 0 aliphatic rings. The summed E-state index contributed by atoms with van der Waals surface area (Å²) < 4.78 is 9.99. The predicted octanol–water partition coefficient (Wildman–Crippen LogP) is 1.41. The van der Waals surface area contributed by atoms with E-state index < -0.39 is 0 Å². The van der Waals surface area contributed by atoms with Gasteiger partial charge < -0.3 is 9.47 Å². The zero-order chi connectivity index (χ0) is 9.23. The number of hydrogen-bond acceptors (Lipinski definition) is 3. The lowest BCUT2D eigenvalue weighted by molar-refractivity contribution is -0.119. The first-order chi connectivity index (χ1) is 5.81. The highest BCUT2D eigenvalue weighted by atomic mass is 16.5. The lowest BCUT2D eigenvalue weighted by Crippen LogP contribution is -2.04. The van der Waals surface area contributed by atoms with E-state index in [4.69, 9.17) is 9.47 Å². The molecule has 0 bridgehead atoms. The molecule has 0 rings (SSSR count). The van der Waals surface area contributed by atoms with Crippen molar-refractivity contribution in [1.29, 1.82) is 0 Å². The monoisotopic (exact) mass is 174 g/mol. The van der Waals surface area contributed by atoms with Gasteiger partial charge in [0.05, 0.1) is 13.2 Å². The minimum atomic E-state index is 0.311. The fraction of sp³-hybridized carbons (Fsp3) is 0.889. The van der Waals surface area contributed by atoms with Crippen LogP contribution in [0.1, 0.15) is 26.2 Å². The number of carbonyl (C=O) groups is 1. The van der Waals surface area contributed by atoms with Gasteiger partial charge in [0.2, 0.25) is 0 Å². The normalized spacial score (nSPS) is 10.2. The summed E-state index contributed by atoms with van der Waals surface area (Å²) >= 11 is 0. The Bertz CT molecular complexity index is 112. The summed E-state index contributed by atoms with van der Waals surface area (Å²) in [6.45, 7) is 3.79. The highest BCUT2D eigenvalue weighted by Crippen LogP contribution is 1.94. The van der Waals surface area contributed by atoms with Crippen molar-refractivity contribution >= 4 is 5.78 Å². The zero-order valence-electron chi connectivity index (χ0n) is 7.97. The lowest BCUT2D eigenvalue weighted by Gasteiger charge is -2.01. The lowest BCUT2D eigenvalue weighted by atomic mass is 10.2. The molecule has 0 aromatic rings. The van der Waals surface area contributed by atoms with Gasteiger partial charge >= 0.3 is 0 Å². The summed E-state index contributed by atoms with van der Waals surface area (Å²) in [5.74, 6) is 0.311. The Morgan fingerprint density at radius 3 is 2.58 bits per heavy atom. The highest BCUT2D eigenvalue weighted by molar-refractivity contribution is 5.77. The van der Waals surface area contributed by atoms with E-state index in [1.807, 2.05) is 6.92 Å². The summed E-state index contributed by atoms with van der Waals surface area (Å²) in [5.41, 5.74) is 0. The van der Waals surface area contributed by atoms with E-state index in [0.29, 0.717) is 38.4 Å². The summed E-state index contributed by atoms with van der Waals surface area (Å²) in [6.07, 6.45) is 2.11. The molecule has 0 radical (unpaired) electrons. The van der Waals surface area contributed by atoms with E-state index in [9.17, 15) is 4.79 Å². The molecule has 0 aliphatic carbocycles. The molecule has 0 spiro atoms. The van der Waals surface area contributed by atoms with Crippen molar-refractivity contribution in [3.8, 4) is 0 Å². The largest absolute Gasteiger partial charge is 0.382 e. The predicted molar refractivity (Wildman–Crippen MR) is 47.2 cm³/mol. The van der Waals surface area contributed by atoms with E-state index in [0.717, 1.165) is 6.42 Å². The molecule has 0 saturated heterocycles. The van der Waals surface area contributed by atoms with Gasteiger partial charge in [-0.3, -0.25) is 4.79 Å². The van der Waals surface area contributed by atoms with Crippen molar-refractivity contribution < 1.29 is 14.3 Å². The van der Waals surface area contributed by atoms with Crippen molar-refractivity contribution in [3.63, 3.8) is 0 Å². The Labute approximate surface area is 74.0 Å². The summed E-state index contributed by atoms with van der Waals surface area (Å²) in [4.78, 5) is 10.8. The Morgan fingerprint density at radius 2 is 2.00 bits per heavy atom. The first-order valence-corrected chi connectivity index (χ1v) is 4.39. The van der Waals surface area contributed by atoms with Crippen molar-refractivity contribution in [2.24, 2.45) is 0 Å². The molecule has 0 N–H and O–H groups in total. The highest BCUT2D eigenvalue weighted by Gasteiger charge is 1.96. The van der Waals surface area contributed by atoms with Gasteiger partial charge in [0, 0.05) is 26.6 Å². The van der Waals surface area contributed by atoms with Gasteiger partial charge in [0.1, 0.15) is 5.78 Å². The van der Waals surface area contributed by atoms with E-state index >= 15 is 0 Å². The fourth-order valence-electron chi connectivity index (χ4n) is 0.792. The molecule has 0 aromatic heterocycles. The van der Waals surface area contributed by atoms with E-state index in [1.165, 1.54) is 0 Å². The van der Waals surface area contributed by atoms with Crippen LogP contribution in [0.2, 0.25) is 0 Å². The van der Waals surface area contributed by atoms with E-state index in [2.05, 4.69) is 0 Å². The van der Waals surface area contributed by atoms with Crippen LogP contribution in [0.15, 0.2) is 0 Å². The summed E-state index contributed by atoms with van der Waals surface area (Å²) in [6, 6.07) is 0. The number of ketones is 1. The van der Waals surface area contributed by atoms with Crippen LogP contribution in [0, 0.1) is 0 Å². The zero-order valence-corrected chi connectivity index (χ0v) is 7.97. The molecular formula is C9H18O3. The standard InChI is InChI=1S/C9H18O3/c1-3-9(10)5-4-6-12-8-7-11-2/h3-8H2,1-2H3. The molecule has 0 saturated carbocycles. The molecule has 3 heteroatoms. The van der Waals surface area contributed by atoms with Crippen molar-refractivity contribution in [1.82, 2.24) is 0 Å². The van der Waals surface area contributed by atoms with Gasteiger partial charge in [0.15, 0.2) is 0 Å². The maximum Gasteiger partial charge on any atom is 0.132 e. The third kappa shape index (κ3) is 7.69. The Kier molecular flexibility index (Phi) is 8.39. The van der Waals surface area contributed by atoms with E-state index in [-0.39, 0.29) is 0 Å². The molecule has 3 nitrogen and oxygen atoms in total. The SMILES string of the molecule is CCC(=O)CCCOCCOC. The van der Waals surface area contributed by atoms with Crippen LogP contribution in [0.25, 0.3) is 0 Å². The fourth-order valence-corrected chi connectivity index (χ4v) is 0.792. The molecule has 0 unspecified atom stereocenters. The van der Waals surface area contributed by atoms with Gasteiger partial charge in [-0.1, -0.05) is 6.92 Å². The Balaban J connectivity index is 2.95. The van der Waals surface area contributed by atoms with Crippen LogP contribution < -0.4 is 0 Å². The Morgan fingerprint density at radius 1 is 1.25 bits per heavy atom. The topological polar surface area (TPSA) is 35.5 Å². The first kappa shape index (κ1) is 11.6.